The number of aromatic nitrogens is 1. The maximum absolute atomic E-state index is 4.52. The van der Waals surface area contributed by atoms with Gasteiger partial charge in [-0.15, -0.1) is 11.3 Å². The molecular weight excluding hydrogens is 242 g/mol. The largest absolute Gasteiger partial charge is 0.312 e. The molecule has 18 heavy (non-hydrogen) atoms. The van der Waals surface area contributed by atoms with E-state index in [9.17, 15) is 0 Å². The molecule has 2 heterocycles. The van der Waals surface area contributed by atoms with Crippen molar-refractivity contribution in [2.24, 2.45) is 5.92 Å². The zero-order valence-corrected chi connectivity index (χ0v) is 12.4. The molecule has 4 heteroatoms. The Morgan fingerprint density at radius 1 is 1.44 bits per heavy atom. The van der Waals surface area contributed by atoms with Crippen LogP contribution in [0.1, 0.15) is 36.6 Å². The SMILES string of the molecule is CCNCc1cnc(CCN2CCC(C)CC2)s1. The molecule has 0 unspecified atom stereocenters. The maximum Gasteiger partial charge on any atom is 0.0940 e. The summed E-state index contributed by atoms with van der Waals surface area (Å²) in [7, 11) is 0. The molecule has 0 aliphatic carbocycles. The van der Waals surface area contributed by atoms with Gasteiger partial charge in [0.25, 0.3) is 0 Å². The smallest absolute Gasteiger partial charge is 0.0940 e. The van der Waals surface area contributed by atoms with Crippen LogP contribution < -0.4 is 5.32 Å². The zero-order valence-electron chi connectivity index (χ0n) is 11.6. The van der Waals surface area contributed by atoms with Gasteiger partial charge < -0.3 is 10.2 Å². The Bertz CT molecular complexity index is 343. The Kier molecular flexibility index (Phi) is 5.60. The lowest BCUT2D eigenvalue weighted by molar-refractivity contribution is 0.194. The van der Waals surface area contributed by atoms with Crippen molar-refractivity contribution in [3.05, 3.63) is 16.1 Å². The summed E-state index contributed by atoms with van der Waals surface area (Å²) in [5.74, 6) is 0.924. The van der Waals surface area contributed by atoms with Crippen LogP contribution in [-0.4, -0.2) is 36.1 Å². The molecule has 1 aliphatic rings. The summed E-state index contributed by atoms with van der Waals surface area (Å²) >= 11 is 1.86. The van der Waals surface area contributed by atoms with Gasteiger partial charge in [-0.3, -0.25) is 0 Å². The second-order valence-electron chi connectivity index (χ2n) is 5.27. The van der Waals surface area contributed by atoms with Crippen molar-refractivity contribution in [1.29, 1.82) is 0 Å². The van der Waals surface area contributed by atoms with Crippen molar-refractivity contribution >= 4 is 11.3 Å². The number of hydrogen-bond donors (Lipinski definition) is 1. The lowest BCUT2D eigenvalue weighted by atomic mass is 9.99. The van der Waals surface area contributed by atoms with Crippen molar-refractivity contribution in [3.63, 3.8) is 0 Å². The Morgan fingerprint density at radius 2 is 2.22 bits per heavy atom. The number of rotatable bonds is 6. The van der Waals surface area contributed by atoms with E-state index >= 15 is 0 Å². The Labute approximate surface area is 115 Å². The van der Waals surface area contributed by atoms with Crippen LogP contribution in [0, 0.1) is 5.92 Å². The monoisotopic (exact) mass is 267 g/mol. The van der Waals surface area contributed by atoms with Crippen LogP contribution in [0.15, 0.2) is 6.20 Å². The molecule has 1 aromatic rings. The summed E-state index contributed by atoms with van der Waals surface area (Å²) in [6.07, 6.45) is 5.87. The van der Waals surface area contributed by atoms with E-state index in [2.05, 4.69) is 29.0 Å². The fourth-order valence-electron chi connectivity index (χ4n) is 2.33. The summed E-state index contributed by atoms with van der Waals surface area (Å²) in [4.78, 5) is 8.47. The van der Waals surface area contributed by atoms with Gasteiger partial charge in [0.2, 0.25) is 0 Å². The molecule has 1 aliphatic heterocycles. The average Bonchev–Trinajstić information content (AvgIpc) is 2.84. The van der Waals surface area contributed by atoms with Crippen LogP contribution >= 0.6 is 11.3 Å². The normalized spacial score (nSPS) is 18.3. The third kappa shape index (κ3) is 4.34. The number of hydrogen-bond acceptors (Lipinski definition) is 4. The average molecular weight is 267 g/mol. The summed E-state index contributed by atoms with van der Waals surface area (Å²) < 4.78 is 0. The number of nitrogens with one attached hydrogen (secondary N) is 1. The maximum atomic E-state index is 4.52. The molecule has 0 atom stereocenters. The van der Waals surface area contributed by atoms with Crippen molar-refractivity contribution in [2.45, 2.75) is 39.7 Å². The molecule has 2 rings (SSSR count). The second kappa shape index (κ2) is 7.22. The Balaban J connectivity index is 1.71. The quantitative estimate of drug-likeness (QED) is 0.858. The predicted molar refractivity (Wildman–Crippen MR) is 78.0 cm³/mol. The van der Waals surface area contributed by atoms with E-state index in [1.807, 2.05) is 17.5 Å². The van der Waals surface area contributed by atoms with Crippen LogP contribution in [0.2, 0.25) is 0 Å². The van der Waals surface area contributed by atoms with Gasteiger partial charge in [0.1, 0.15) is 0 Å². The topological polar surface area (TPSA) is 28.2 Å². The third-order valence-electron chi connectivity index (χ3n) is 3.67. The third-order valence-corrected chi connectivity index (χ3v) is 4.73. The van der Waals surface area contributed by atoms with Crippen LogP contribution in [0.4, 0.5) is 0 Å². The molecule has 0 saturated carbocycles. The lowest BCUT2D eigenvalue weighted by Crippen LogP contribution is -2.34. The highest BCUT2D eigenvalue weighted by molar-refractivity contribution is 7.11. The molecule has 1 saturated heterocycles. The van der Waals surface area contributed by atoms with E-state index in [1.165, 1.54) is 42.4 Å². The van der Waals surface area contributed by atoms with E-state index in [0.29, 0.717) is 0 Å². The van der Waals surface area contributed by atoms with Gasteiger partial charge in [0.15, 0.2) is 0 Å². The van der Waals surface area contributed by atoms with E-state index in [-0.39, 0.29) is 0 Å². The van der Waals surface area contributed by atoms with Crippen LogP contribution in [0.25, 0.3) is 0 Å². The van der Waals surface area contributed by atoms with Gasteiger partial charge >= 0.3 is 0 Å². The standard InChI is InChI=1S/C14H25N3S/c1-3-15-10-13-11-16-14(18-13)6-9-17-7-4-12(2)5-8-17/h11-12,15H,3-10H2,1-2H3. The number of piperidine rings is 1. The number of thiazole rings is 1. The molecule has 1 aromatic heterocycles. The molecule has 102 valence electrons. The number of nitrogens with zero attached hydrogens (tertiary/aromatic N) is 2. The first-order valence-electron chi connectivity index (χ1n) is 7.14. The van der Waals surface area contributed by atoms with E-state index in [1.54, 1.807) is 0 Å². The van der Waals surface area contributed by atoms with Gasteiger partial charge in [-0.1, -0.05) is 13.8 Å². The van der Waals surface area contributed by atoms with Gasteiger partial charge in [-0.05, 0) is 38.4 Å². The minimum atomic E-state index is 0.924. The number of likely N-dealkylation sites (tertiary alicyclic amines) is 1. The summed E-state index contributed by atoms with van der Waals surface area (Å²) in [5, 5.41) is 4.64. The fourth-order valence-corrected chi connectivity index (χ4v) is 3.21. The van der Waals surface area contributed by atoms with Crippen molar-refractivity contribution < 1.29 is 0 Å². The highest BCUT2D eigenvalue weighted by Crippen LogP contribution is 2.18. The zero-order chi connectivity index (χ0) is 12.8. The van der Waals surface area contributed by atoms with Crippen molar-refractivity contribution in [3.8, 4) is 0 Å². The Morgan fingerprint density at radius 3 is 2.94 bits per heavy atom. The van der Waals surface area contributed by atoms with Gasteiger partial charge in [-0.25, -0.2) is 4.98 Å². The molecule has 0 bridgehead atoms. The molecule has 0 radical (unpaired) electrons. The molecule has 3 nitrogen and oxygen atoms in total. The minimum Gasteiger partial charge on any atom is -0.312 e. The Hall–Kier alpha value is -0.450. The second-order valence-corrected chi connectivity index (χ2v) is 6.47. The van der Waals surface area contributed by atoms with E-state index in [4.69, 9.17) is 0 Å². The highest BCUT2D eigenvalue weighted by atomic mass is 32.1. The van der Waals surface area contributed by atoms with E-state index in [0.717, 1.165) is 25.4 Å². The molecular formula is C14H25N3S. The molecule has 1 fully saturated rings. The van der Waals surface area contributed by atoms with Crippen molar-refractivity contribution in [2.75, 3.05) is 26.2 Å². The molecule has 1 N–H and O–H groups in total. The first kappa shape index (κ1) is 14.0. The van der Waals surface area contributed by atoms with Crippen LogP contribution in [0.3, 0.4) is 0 Å². The predicted octanol–water partition coefficient (Wildman–Crippen LogP) is 2.53. The molecule has 0 spiro atoms. The minimum absolute atomic E-state index is 0.924. The van der Waals surface area contributed by atoms with E-state index < -0.39 is 0 Å². The first-order chi connectivity index (χ1) is 8.78. The molecule has 0 aromatic carbocycles. The summed E-state index contributed by atoms with van der Waals surface area (Å²) in [6, 6.07) is 0. The first-order valence-corrected chi connectivity index (χ1v) is 7.96. The van der Waals surface area contributed by atoms with Crippen LogP contribution in [-0.2, 0) is 13.0 Å². The lowest BCUT2D eigenvalue weighted by Gasteiger charge is -2.29. The van der Waals surface area contributed by atoms with Crippen LogP contribution in [0.5, 0.6) is 0 Å². The fraction of sp³-hybridized carbons (Fsp3) is 0.786. The highest BCUT2D eigenvalue weighted by Gasteiger charge is 2.15. The van der Waals surface area contributed by atoms with Gasteiger partial charge in [0, 0.05) is 30.6 Å². The van der Waals surface area contributed by atoms with Gasteiger partial charge in [0.05, 0.1) is 5.01 Å². The summed E-state index contributed by atoms with van der Waals surface area (Å²) in [5.41, 5.74) is 0. The van der Waals surface area contributed by atoms with Crippen molar-refractivity contribution in [1.82, 2.24) is 15.2 Å². The summed E-state index contributed by atoms with van der Waals surface area (Å²) in [6.45, 7) is 10.2. The van der Waals surface area contributed by atoms with Gasteiger partial charge in [-0.2, -0.15) is 0 Å². The molecule has 0 amide bonds.